The number of nitrogens with zero attached hydrogens (tertiary/aromatic N) is 4. The summed E-state index contributed by atoms with van der Waals surface area (Å²) in [5.41, 5.74) is 0.0509. The van der Waals surface area contributed by atoms with Gasteiger partial charge in [-0.05, 0) is 12.2 Å². The first-order valence-corrected chi connectivity index (χ1v) is 5.37. The van der Waals surface area contributed by atoms with Crippen LogP contribution in [-0.2, 0) is 10.1 Å². The Bertz CT molecular complexity index is 481. The summed E-state index contributed by atoms with van der Waals surface area (Å²) in [5.74, 6) is 0. The number of hydrogen-bond donors (Lipinski definition) is 3. The third-order valence-electron chi connectivity index (χ3n) is 1.84. The van der Waals surface area contributed by atoms with Crippen LogP contribution in [0.25, 0.3) is 0 Å². The molecule has 3 N–H and O–H groups in total. The van der Waals surface area contributed by atoms with Crippen LogP contribution in [0.3, 0.4) is 0 Å². The molecule has 0 aromatic rings. The van der Waals surface area contributed by atoms with Gasteiger partial charge < -0.3 is 10.4 Å². The SMILES string of the molecule is O=S(=O)(O)C1(/N=N/O)C=CCC(/N=N/O)=C1.[NaH]. The van der Waals surface area contributed by atoms with Crippen LogP contribution in [0.1, 0.15) is 6.42 Å². The predicted octanol–water partition coefficient (Wildman–Crippen LogP) is 0.449. The van der Waals surface area contributed by atoms with Crippen LogP contribution in [0, 0.1) is 0 Å². The first-order valence-electron chi connectivity index (χ1n) is 3.93. The van der Waals surface area contributed by atoms with E-state index in [0.717, 1.165) is 12.2 Å². The van der Waals surface area contributed by atoms with Gasteiger partial charge in [0.1, 0.15) is 0 Å². The predicted molar refractivity (Wildman–Crippen MR) is 56.6 cm³/mol. The Kier molecular flexibility index (Phi) is 5.92. The molecule has 9 nitrogen and oxygen atoms in total. The summed E-state index contributed by atoms with van der Waals surface area (Å²) >= 11 is 0. The summed E-state index contributed by atoms with van der Waals surface area (Å²) in [6.07, 6.45) is 3.45. The molecule has 0 spiro atoms. The molecule has 0 aromatic heterocycles. The van der Waals surface area contributed by atoms with E-state index in [2.05, 4.69) is 20.8 Å². The fourth-order valence-corrected chi connectivity index (χ4v) is 1.86. The molecule has 0 aliphatic heterocycles. The van der Waals surface area contributed by atoms with Gasteiger partial charge in [0.15, 0.2) is 0 Å². The second-order valence-corrected chi connectivity index (χ2v) is 4.45. The Morgan fingerprint density at radius 2 is 1.94 bits per heavy atom. The van der Waals surface area contributed by atoms with Crippen molar-refractivity contribution in [2.24, 2.45) is 20.8 Å². The zero-order valence-electron chi connectivity index (χ0n) is 7.79. The van der Waals surface area contributed by atoms with E-state index < -0.39 is 15.0 Å². The first-order chi connectivity index (χ1) is 7.45. The van der Waals surface area contributed by atoms with E-state index >= 15 is 0 Å². The van der Waals surface area contributed by atoms with Crippen LogP contribution in [0.4, 0.5) is 0 Å². The van der Waals surface area contributed by atoms with E-state index in [4.69, 9.17) is 15.0 Å². The third kappa shape index (κ3) is 3.57. The molecule has 90 valence electrons. The monoisotopic (exact) mass is 272 g/mol. The molecular formula is C6H9N4NaO5S. The standard InChI is InChI=1S/C6H8N4O5S.Na.H/c11-9-7-5-2-1-3-6(4-5,8-10-12)16(13,14)15;;/h1,3-4H,2H2,(H,7,11)(H,8,12)(H,13,14,15);;. The topological polar surface area (TPSA) is 144 Å². The Labute approximate surface area is 119 Å². The van der Waals surface area contributed by atoms with Crippen LogP contribution >= 0.6 is 0 Å². The van der Waals surface area contributed by atoms with Gasteiger partial charge in [-0.1, -0.05) is 6.08 Å². The average molecular weight is 272 g/mol. The Morgan fingerprint density at radius 1 is 1.29 bits per heavy atom. The second-order valence-electron chi connectivity index (χ2n) is 2.85. The summed E-state index contributed by atoms with van der Waals surface area (Å²) in [6.45, 7) is 0. The first kappa shape index (κ1) is 16.2. The number of allylic oxidation sites excluding steroid dienone is 1. The quantitative estimate of drug-likeness (QED) is 0.224. The van der Waals surface area contributed by atoms with Gasteiger partial charge in [0.05, 0.1) is 5.70 Å². The van der Waals surface area contributed by atoms with Crippen molar-refractivity contribution in [3.05, 3.63) is 23.9 Å². The summed E-state index contributed by atoms with van der Waals surface area (Å²) in [6, 6.07) is 0. The minimum atomic E-state index is -4.67. The summed E-state index contributed by atoms with van der Waals surface area (Å²) in [5, 5.41) is 27.5. The van der Waals surface area contributed by atoms with Gasteiger partial charge >= 0.3 is 39.7 Å². The fraction of sp³-hybridized carbons (Fsp3) is 0.333. The van der Waals surface area contributed by atoms with E-state index in [1.165, 1.54) is 6.08 Å². The van der Waals surface area contributed by atoms with Crippen molar-refractivity contribution >= 4 is 39.7 Å². The minimum absolute atomic E-state index is 0. The van der Waals surface area contributed by atoms with Gasteiger partial charge in [-0.15, -0.1) is 10.2 Å². The molecule has 0 saturated carbocycles. The average Bonchev–Trinajstić information content (AvgIpc) is 2.17. The normalized spacial score (nSPS) is 24.9. The fourth-order valence-electron chi connectivity index (χ4n) is 1.17. The van der Waals surface area contributed by atoms with Crippen molar-refractivity contribution in [3.8, 4) is 0 Å². The van der Waals surface area contributed by atoms with Gasteiger partial charge in [-0.3, -0.25) is 4.55 Å². The molecule has 0 amide bonds. The van der Waals surface area contributed by atoms with E-state index in [1.54, 1.807) is 0 Å². The van der Waals surface area contributed by atoms with Crippen molar-refractivity contribution < 1.29 is 23.4 Å². The van der Waals surface area contributed by atoms with Crippen molar-refractivity contribution in [3.63, 3.8) is 0 Å². The maximum absolute atomic E-state index is 11.1. The molecule has 0 heterocycles. The van der Waals surface area contributed by atoms with Crippen molar-refractivity contribution in [1.29, 1.82) is 0 Å². The number of rotatable bonds is 3. The van der Waals surface area contributed by atoms with E-state index in [-0.39, 0.29) is 41.7 Å². The van der Waals surface area contributed by atoms with Crippen LogP contribution in [0.5, 0.6) is 0 Å². The van der Waals surface area contributed by atoms with E-state index in [9.17, 15) is 8.42 Å². The van der Waals surface area contributed by atoms with Gasteiger partial charge in [0.2, 0.25) is 4.87 Å². The maximum atomic E-state index is 11.1. The zero-order chi connectivity index (χ0) is 12.2. The third-order valence-corrected chi connectivity index (χ3v) is 3.01. The van der Waals surface area contributed by atoms with Crippen LogP contribution in [0.15, 0.2) is 44.7 Å². The molecular weight excluding hydrogens is 263 g/mol. The molecule has 17 heavy (non-hydrogen) atoms. The van der Waals surface area contributed by atoms with E-state index in [0.29, 0.717) is 0 Å². The van der Waals surface area contributed by atoms with Gasteiger partial charge in [-0.25, -0.2) is 0 Å². The van der Waals surface area contributed by atoms with Crippen LogP contribution in [-0.4, -0.2) is 57.8 Å². The van der Waals surface area contributed by atoms with E-state index in [1.807, 2.05) is 0 Å². The molecule has 1 rings (SSSR count). The Hall–Kier alpha value is -0.810. The molecule has 0 saturated heterocycles. The second kappa shape index (κ2) is 6.21. The molecule has 1 aliphatic carbocycles. The molecule has 1 atom stereocenters. The van der Waals surface area contributed by atoms with Crippen LogP contribution in [0.2, 0.25) is 0 Å². The molecule has 1 unspecified atom stereocenters. The Morgan fingerprint density at radius 3 is 2.41 bits per heavy atom. The van der Waals surface area contributed by atoms with Crippen molar-refractivity contribution in [1.82, 2.24) is 0 Å². The molecule has 1 aliphatic rings. The molecule has 0 fully saturated rings. The number of hydrogen-bond acceptors (Lipinski definition) is 6. The summed E-state index contributed by atoms with van der Waals surface area (Å²) in [7, 11) is -4.67. The van der Waals surface area contributed by atoms with Gasteiger partial charge in [-0.2, -0.15) is 8.42 Å². The molecule has 0 bridgehead atoms. The summed E-state index contributed by atoms with van der Waals surface area (Å²) < 4.78 is 31.2. The Balaban J connectivity index is 0.00000256. The summed E-state index contributed by atoms with van der Waals surface area (Å²) in [4.78, 5) is -2.23. The molecule has 0 radical (unpaired) electrons. The van der Waals surface area contributed by atoms with Crippen LogP contribution < -0.4 is 0 Å². The molecule has 0 aromatic carbocycles. The van der Waals surface area contributed by atoms with Crippen molar-refractivity contribution in [2.45, 2.75) is 11.3 Å². The zero-order valence-corrected chi connectivity index (χ0v) is 8.61. The van der Waals surface area contributed by atoms with Gasteiger partial charge in [0.25, 0.3) is 0 Å². The molecule has 11 heteroatoms. The van der Waals surface area contributed by atoms with Crippen molar-refractivity contribution in [2.75, 3.05) is 0 Å². The van der Waals surface area contributed by atoms with Gasteiger partial charge in [0, 0.05) is 17.0 Å².